The Morgan fingerprint density at radius 1 is 1.17 bits per heavy atom. The summed E-state index contributed by atoms with van der Waals surface area (Å²) in [5.74, 6) is 0.0551. The minimum absolute atomic E-state index is 0.0551. The van der Waals surface area contributed by atoms with Crippen LogP contribution in [0.15, 0.2) is 53.1 Å². The first-order valence-electron chi connectivity index (χ1n) is 8.22. The van der Waals surface area contributed by atoms with Gasteiger partial charge in [-0.15, -0.1) is 0 Å². The van der Waals surface area contributed by atoms with Gasteiger partial charge in [0.15, 0.2) is 0 Å². The average Bonchev–Trinajstić information content (AvgIpc) is 2.89. The van der Waals surface area contributed by atoms with Crippen LogP contribution in [-0.4, -0.2) is 21.8 Å². The van der Waals surface area contributed by atoms with Gasteiger partial charge in [0.05, 0.1) is 5.54 Å². The fraction of sp³-hybridized carbons (Fsp3) is 0.368. The first kappa shape index (κ1) is 14.9. The molecule has 2 fully saturated rings. The molecule has 0 unspecified atom stereocenters. The molecule has 2 bridgehead atoms. The number of carbonyl (C=O) groups excluding carboxylic acids is 1. The monoisotopic (exact) mass is 370 g/mol. The fourth-order valence-electron chi connectivity index (χ4n) is 4.23. The maximum atomic E-state index is 13.2. The zero-order valence-corrected chi connectivity index (χ0v) is 14.5. The highest BCUT2D eigenvalue weighted by molar-refractivity contribution is 9.10. The standard InChI is InChI=1S/C19H19BrN2O/c20-16-10-6-12-21-17(16)18(23)22-15-9-4-5-11-19(22,13-15)14-7-2-1-3-8-14/h1-3,6-8,10,12,15H,4-5,9,11,13H2/t15-,19+/m1/s1. The smallest absolute Gasteiger partial charge is 0.274 e. The average molecular weight is 371 g/mol. The molecule has 0 aliphatic carbocycles. The highest BCUT2D eigenvalue weighted by atomic mass is 79.9. The number of amides is 1. The highest BCUT2D eigenvalue weighted by Gasteiger charge is 2.56. The summed E-state index contributed by atoms with van der Waals surface area (Å²) in [4.78, 5) is 19.7. The van der Waals surface area contributed by atoms with Gasteiger partial charge < -0.3 is 4.90 Å². The van der Waals surface area contributed by atoms with E-state index in [1.54, 1.807) is 6.20 Å². The first-order valence-corrected chi connectivity index (χ1v) is 9.01. The molecule has 0 spiro atoms. The second-order valence-corrected chi connectivity index (χ2v) is 7.36. The van der Waals surface area contributed by atoms with Gasteiger partial charge in [0.2, 0.25) is 0 Å². The molecule has 23 heavy (non-hydrogen) atoms. The molecule has 3 nitrogen and oxygen atoms in total. The molecule has 0 saturated carbocycles. The van der Waals surface area contributed by atoms with Gasteiger partial charge in [-0.05, 0) is 52.9 Å². The third kappa shape index (κ3) is 2.31. The lowest BCUT2D eigenvalue weighted by Gasteiger charge is -2.57. The number of benzene rings is 1. The number of fused-ring (bicyclic) bond motifs is 2. The van der Waals surface area contributed by atoms with E-state index >= 15 is 0 Å². The maximum Gasteiger partial charge on any atom is 0.274 e. The van der Waals surface area contributed by atoms with E-state index in [2.05, 4.69) is 50.1 Å². The second kappa shape index (κ2) is 5.75. The summed E-state index contributed by atoms with van der Waals surface area (Å²) >= 11 is 3.48. The van der Waals surface area contributed by atoms with E-state index in [4.69, 9.17) is 0 Å². The Morgan fingerprint density at radius 3 is 2.78 bits per heavy atom. The third-order valence-corrected chi connectivity index (χ3v) is 5.91. The van der Waals surface area contributed by atoms with Crippen LogP contribution in [-0.2, 0) is 5.54 Å². The number of aromatic nitrogens is 1. The summed E-state index contributed by atoms with van der Waals surface area (Å²) in [6, 6.07) is 14.6. The molecule has 0 N–H and O–H groups in total. The molecule has 2 aromatic rings. The van der Waals surface area contributed by atoms with Crippen LogP contribution in [0.3, 0.4) is 0 Å². The highest BCUT2D eigenvalue weighted by Crippen LogP contribution is 2.53. The van der Waals surface area contributed by atoms with Gasteiger partial charge in [-0.3, -0.25) is 4.79 Å². The molecule has 2 saturated heterocycles. The quantitative estimate of drug-likeness (QED) is 0.777. The zero-order valence-electron chi connectivity index (χ0n) is 12.9. The molecule has 0 radical (unpaired) electrons. The molecule has 4 rings (SSSR count). The van der Waals surface area contributed by atoms with Crippen LogP contribution in [0.4, 0.5) is 0 Å². The van der Waals surface area contributed by atoms with E-state index in [1.807, 2.05) is 18.2 Å². The van der Waals surface area contributed by atoms with Crippen molar-refractivity contribution >= 4 is 21.8 Å². The lowest BCUT2D eigenvalue weighted by Crippen LogP contribution is -2.64. The number of carbonyl (C=O) groups is 1. The molecule has 2 aliphatic rings. The summed E-state index contributed by atoms with van der Waals surface area (Å²) in [7, 11) is 0. The normalized spacial score (nSPS) is 26.3. The number of hydrogen-bond acceptors (Lipinski definition) is 2. The van der Waals surface area contributed by atoms with Crippen molar-refractivity contribution in [1.82, 2.24) is 9.88 Å². The maximum absolute atomic E-state index is 13.2. The van der Waals surface area contributed by atoms with Gasteiger partial charge in [0.25, 0.3) is 5.91 Å². The minimum atomic E-state index is -0.142. The second-order valence-electron chi connectivity index (χ2n) is 6.51. The van der Waals surface area contributed by atoms with Crippen molar-refractivity contribution in [2.45, 2.75) is 43.7 Å². The predicted molar refractivity (Wildman–Crippen MR) is 93.1 cm³/mol. The predicted octanol–water partition coefficient (Wildman–Crippen LogP) is 4.53. The topological polar surface area (TPSA) is 33.2 Å². The van der Waals surface area contributed by atoms with Crippen LogP contribution in [0.5, 0.6) is 0 Å². The Labute approximate surface area is 144 Å². The van der Waals surface area contributed by atoms with Crippen LogP contribution in [0, 0.1) is 0 Å². The van der Waals surface area contributed by atoms with E-state index in [-0.39, 0.29) is 11.4 Å². The fourth-order valence-corrected chi connectivity index (χ4v) is 4.66. The van der Waals surface area contributed by atoms with Gasteiger partial charge in [-0.1, -0.05) is 43.2 Å². The molecule has 1 aromatic heterocycles. The van der Waals surface area contributed by atoms with Crippen LogP contribution >= 0.6 is 15.9 Å². The lowest BCUT2D eigenvalue weighted by molar-refractivity contribution is -0.0497. The number of hydrogen-bond donors (Lipinski definition) is 0. The van der Waals surface area contributed by atoms with Crippen molar-refractivity contribution in [3.05, 3.63) is 64.4 Å². The van der Waals surface area contributed by atoms with E-state index < -0.39 is 0 Å². The molecule has 4 heteroatoms. The summed E-state index contributed by atoms with van der Waals surface area (Å²) in [6.45, 7) is 0. The van der Waals surface area contributed by atoms with Crippen molar-refractivity contribution in [2.24, 2.45) is 0 Å². The van der Waals surface area contributed by atoms with Crippen LogP contribution in [0.1, 0.15) is 48.2 Å². The van der Waals surface area contributed by atoms with Gasteiger partial charge in [-0.25, -0.2) is 4.98 Å². The molecule has 2 aliphatic heterocycles. The van der Waals surface area contributed by atoms with Crippen LogP contribution in [0.2, 0.25) is 0 Å². The molecule has 3 heterocycles. The van der Waals surface area contributed by atoms with Crippen molar-refractivity contribution in [2.75, 3.05) is 0 Å². The Hall–Kier alpha value is -1.68. The number of rotatable bonds is 2. The minimum Gasteiger partial charge on any atom is -0.324 e. The van der Waals surface area contributed by atoms with E-state index in [1.165, 1.54) is 18.4 Å². The number of halogens is 1. The molecular weight excluding hydrogens is 352 g/mol. The third-order valence-electron chi connectivity index (χ3n) is 5.27. The zero-order chi connectivity index (χ0) is 15.9. The number of pyridine rings is 1. The molecular formula is C19H19BrN2O. The van der Waals surface area contributed by atoms with Gasteiger partial charge >= 0.3 is 0 Å². The Morgan fingerprint density at radius 2 is 2.00 bits per heavy atom. The SMILES string of the molecule is O=C(c1ncccc1Br)N1[C@@H]2CCCC[C@@]1(c1ccccc1)C2. The van der Waals surface area contributed by atoms with Crippen LogP contribution in [0.25, 0.3) is 0 Å². The molecule has 1 amide bonds. The van der Waals surface area contributed by atoms with Crippen molar-refractivity contribution in [3.63, 3.8) is 0 Å². The van der Waals surface area contributed by atoms with E-state index in [9.17, 15) is 4.79 Å². The van der Waals surface area contributed by atoms with Gasteiger partial charge in [0, 0.05) is 16.7 Å². The van der Waals surface area contributed by atoms with Crippen molar-refractivity contribution in [1.29, 1.82) is 0 Å². The van der Waals surface area contributed by atoms with Crippen molar-refractivity contribution in [3.8, 4) is 0 Å². The molecule has 118 valence electrons. The summed E-state index contributed by atoms with van der Waals surface area (Å²) in [5.41, 5.74) is 1.65. The van der Waals surface area contributed by atoms with E-state index in [0.717, 1.165) is 23.7 Å². The largest absolute Gasteiger partial charge is 0.324 e. The summed E-state index contributed by atoms with van der Waals surface area (Å²) in [5, 5.41) is 0. The van der Waals surface area contributed by atoms with E-state index in [0.29, 0.717) is 11.7 Å². The lowest BCUT2D eigenvalue weighted by atomic mass is 9.71. The first-order chi connectivity index (χ1) is 11.2. The molecule has 1 aromatic carbocycles. The van der Waals surface area contributed by atoms with Gasteiger partial charge in [0.1, 0.15) is 5.69 Å². The molecule has 2 atom stereocenters. The Kier molecular flexibility index (Phi) is 3.72. The Bertz CT molecular complexity index is 729. The summed E-state index contributed by atoms with van der Waals surface area (Å²) in [6.07, 6.45) is 7.29. The summed E-state index contributed by atoms with van der Waals surface area (Å²) < 4.78 is 0.775. The van der Waals surface area contributed by atoms with Gasteiger partial charge in [-0.2, -0.15) is 0 Å². The van der Waals surface area contributed by atoms with Crippen molar-refractivity contribution < 1.29 is 4.79 Å². The number of nitrogens with zero attached hydrogens (tertiary/aromatic N) is 2. The van der Waals surface area contributed by atoms with Crippen LogP contribution < -0.4 is 0 Å². The Balaban J connectivity index is 1.77.